The van der Waals surface area contributed by atoms with Gasteiger partial charge in [-0.25, -0.2) is 0 Å². The number of nitrogens with zero attached hydrogens (tertiary/aromatic N) is 1. The molecule has 1 atom stereocenters. The minimum Gasteiger partial charge on any atom is -0.459 e. The Labute approximate surface area is 143 Å². The highest BCUT2D eigenvalue weighted by Crippen LogP contribution is 2.16. The number of halogens is 1. The third-order valence-electron chi connectivity index (χ3n) is 3.25. The fraction of sp³-hybridized carbons (Fsp3) is 0.188. The minimum absolute atomic E-state index is 0.120. The third kappa shape index (κ3) is 4.36. The van der Waals surface area contributed by atoms with E-state index in [4.69, 9.17) is 21.8 Å². The molecule has 0 aliphatic rings. The van der Waals surface area contributed by atoms with E-state index in [9.17, 15) is 14.4 Å². The number of primary amides is 1. The number of carbonyl (C=O) groups is 3. The van der Waals surface area contributed by atoms with Crippen molar-refractivity contribution in [2.24, 2.45) is 5.73 Å². The summed E-state index contributed by atoms with van der Waals surface area (Å²) in [5, 5.41) is 3.00. The smallest absolute Gasteiger partial charge is 0.289 e. The van der Waals surface area contributed by atoms with E-state index in [1.54, 1.807) is 30.3 Å². The summed E-state index contributed by atoms with van der Waals surface area (Å²) < 4.78 is 4.99. The van der Waals surface area contributed by atoms with Gasteiger partial charge < -0.3 is 20.4 Å². The lowest BCUT2D eigenvalue weighted by molar-refractivity contribution is -0.127. The molecule has 0 radical (unpaired) electrons. The second-order valence-electron chi connectivity index (χ2n) is 5.09. The molecule has 0 aliphatic heterocycles. The first-order valence-electron chi connectivity index (χ1n) is 7.01. The first kappa shape index (κ1) is 17.6. The summed E-state index contributed by atoms with van der Waals surface area (Å²) in [5.41, 5.74) is 5.84. The quantitative estimate of drug-likeness (QED) is 0.821. The monoisotopic (exact) mass is 349 g/mol. The van der Waals surface area contributed by atoms with Crippen LogP contribution in [0.3, 0.4) is 0 Å². The molecule has 3 amide bonds. The van der Waals surface area contributed by atoms with Crippen LogP contribution in [-0.2, 0) is 9.59 Å². The zero-order valence-electron chi connectivity index (χ0n) is 12.9. The number of likely N-dealkylation sites (N-methyl/N-ethyl adjacent to an activating group) is 1. The van der Waals surface area contributed by atoms with Gasteiger partial charge in [-0.05, 0) is 29.8 Å². The molecule has 0 saturated carbocycles. The maximum Gasteiger partial charge on any atom is 0.289 e. The molecular formula is C16H16ClN3O4. The Morgan fingerprint density at radius 3 is 2.46 bits per heavy atom. The molecule has 126 valence electrons. The minimum atomic E-state index is -1.01. The van der Waals surface area contributed by atoms with Gasteiger partial charge in [0.25, 0.3) is 5.91 Å². The van der Waals surface area contributed by atoms with Crippen molar-refractivity contribution >= 4 is 29.3 Å². The van der Waals surface area contributed by atoms with Gasteiger partial charge in [0.15, 0.2) is 5.76 Å². The lowest BCUT2D eigenvalue weighted by atomic mass is 10.1. The maximum absolute atomic E-state index is 12.1. The molecule has 2 aromatic rings. The van der Waals surface area contributed by atoms with Gasteiger partial charge in [0, 0.05) is 12.1 Å². The van der Waals surface area contributed by atoms with Crippen LogP contribution in [0.1, 0.15) is 22.2 Å². The van der Waals surface area contributed by atoms with Crippen molar-refractivity contribution in [1.29, 1.82) is 0 Å². The molecule has 0 saturated heterocycles. The van der Waals surface area contributed by atoms with Gasteiger partial charge in [0.2, 0.25) is 11.8 Å². The lowest BCUT2D eigenvalue weighted by Gasteiger charge is -2.19. The zero-order chi connectivity index (χ0) is 17.7. The average molecular weight is 350 g/mol. The number of carbonyl (C=O) groups excluding carboxylic acids is 3. The molecule has 0 aliphatic carbocycles. The van der Waals surface area contributed by atoms with Crippen molar-refractivity contribution in [2.45, 2.75) is 6.04 Å². The lowest BCUT2D eigenvalue weighted by Crippen LogP contribution is -2.43. The maximum atomic E-state index is 12.1. The number of hydrogen-bond acceptors (Lipinski definition) is 4. The van der Waals surface area contributed by atoms with Gasteiger partial charge in [-0.15, -0.1) is 0 Å². The zero-order valence-corrected chi connectivity index (χ0v) is 13.6. The molecule has 0 spiro atoms. The standard InChI is InChI=1S/C16H16ClN3O4/c1-20(16(23)12-3-2-8-24-12)9-13(21)19-14(15(18)22)10-4-6-11(17)7-5-10/h2-8,14H,9H2,1H3,(H2,18,22)(H,19,21)/t14-/m1/s1. The van der Waals surface area contributed by atoms with E-state index in [1.165, 1.54) is 24.3 Å². The van der Waals surface area contributed by atoms with Crippen LogP contribution >= 0.6 is 11.6 Å². The van der Waals surface area contributed by atoms with Crippen molar-refractivity contribution in [3.8, 4) is 0 Å². The van der Waals surface area contributed by atoms with E-state index >= 15 is 0 Å². The van der Waals surface area contributed by atoms with Gasteiger partial charge in [-0.1, -0.05) is 23.7 Å². The van der Waals surface area contributed by atoms with Crippen LogP contribution in [0.25, 0.3) is 0 Å². The largest absolute Gasteiger partial charge is 0.459 e. The highest BCUT2D eigenvalue weighted by molar-refractivity contribution is 6.30. The molecular weight excluding hydrogens is 334 g/mol. The van der Waals surface area contributed by atoms with Crippen LogP contribution in [0.5, 0.6) is 0 Å². The number of nitrogens with two attached hydrogens (primary N) is 1. The molecule has 2 rings (SSSR count). The SMILES string of the molecule is CN(CC(=O)N[C@@H](C(N)=O)c1ccc(Cl)cc1)C(=O)c1ccco1. The summed E-state index contributed by atoms with van der Waals surface area (Å²) >= 11 is 5.80. The van der Waals surface area contributed by atoms with Crippen LogP contribution in [0.2, 0.25) is 5.02 Å². The Kier molecular flexibility index (Phi) is 5.59. The fourth-order valence-corrected chi connectivity index (χ4v) is 2.18. The van der Waals surface area contributed by atoms with Gasteiger partial charge in [-0.2, -0.15) is 0 Å². The molecule has 7 nitrogen and oxygen atoms in total. The second kappa shape index (κ2) is 7.65. The predicted molar refractivity (Wildman–Crippen MR) is 87.2 cm³/mol. The normalized spacial score (nSPS) is 11.6. The number of furan rings is 1. The second-order valence-corrected chi connectivity index (χ2v) is 5.53. The Morgan fingerprint density at radius 1 is 1.25 bits per heavy atom. The van der Waals surface area contributed by atoms with Gasteiger partial charge >= 0.3 is 0 Å². The summed E-state index contributed by atoms with van der Waals surface area (Å²) in [7, 11) is 1.45. The highest BCUT2D eigenvalue weighted by Gasteiger charge is 2.23. The molecule has 1 aromatic carbocycles. The van der Waals surface area contributed by atoms with Gasteiger partial charge in [-0.3, -0.25) is 14.4 Å². The van der Waals surface area contributed by atoms with E-state index in [1.807, 2.05) is 0 Å². The molecule has 0 bridgehead atoms. The Balaban J connectivity index is 2.02. The van der Waals surface area contributed by atoms with Crippen molar-refractivity contribution in [3.63, 3.8) is 0 Å². The van der Waals surface area contributed by atoms with Crippen LogP contribution in [-0.4, -0.2) is 36.2 Å². The molecule has 8 heteroatoms. The van der Waals surface area contributed by atoms with Crippen molar-refractivity contribution in [3.05, 3.63) is 59.0 Å². The number of nitrogens with one attached hydrogen (secondary N) is 1. The molecule has 24 heavy (non-hydrogen) atoms. The third-order valence-corrected chi connectivity index (χ3v) is 3.50. The van der Waals surface area contributed by atoms with E-state index < -0.39 is 23.8 Å². The Morgan fingerprint density at radius 2 is 1.92 bits per heavy atom. The molecule has 1 heterocycles. The topological polar surface area (TPSA) is 106 Å². The first-order valence-corrected chi connectivity index (χ1v) is 7.39. The molecule has 0 fully saturated rings. The number of rotatable bonds is 6. The summed E-state index contributed by atoms with van der Waals surface area (Å²) in [5.74, 6) is -1.58. The summed E-state index contributed by atoms with van der Waals surface area (Å²) in [4.78, 5) is 36.9. The summed E-state index contributed by atoms with van der Waals surface area (Å²) in [6.45, 7) is -0.253. The average Bonchev–Trinajstić information content (AvgIpc) is 3.07. The molecule has 1 aromatic heterocycles. The van der Waals surface area contributed by atoms with E-state index in [0.717, 1.165) is 0 Å². The predicted octanol–water partition coefficient (Wildman–Crippen LogP) is 1.35. The summed E-state index contributed by atoms with van der Waals surface area (Å²) in [6, 6.07) is 8.42. The molecule has 0 unspecified atom stereocenters. The van der Waals surface area contributed by atoms with E-state index in [0.29, 0.717) is 10.6 Å². The van der Waals surface area contributed by atoms with Crippen molar-refractivity contribution < 1.29 is 18.8 Å². The van der Waals surface area contributed by atoms with Crippen LogP contribution in [0, 0.1) is 0 Å². The number of amides is 3. The first-order chi connectivity index (χ1) is 11.4. The fourth-order valence-electron chi connectivity index (χ4n) is 2.06. The van der Waals surface area contributed by atoms with E-state index in [-0.39, 0.29) is 12.3 Å². The van der Waals surface area contributed by atoms with Crippen LogP contribution in [0.15, 0.2) is 47.1 Å². The Hall–Kier alpha value is -2.80. The van der Waals surface area contributed by atoms with Crippen molar-refractivity contribution in [1.82, 2.24) is 10.2 Å². The number of benzene rings is 1. The van der Waals surface area contributed by atoms with Gasteiger partial charge in [0.1, 0.15) is 6.04 Å². The van der Waals surface area contributed by atoms with Gasteiger partial charge in [0.05, 0.1) is 12.8 Å². The van der Waals surface area contributed by atoms with Crippen LogP contribution < -0.4 is 11.1 Å². The van der Waals surface area contributed by atoms with Crippen LogP contribution in [0.4, 0.5) is 0 Å². The summed E-state index contributed by atoms with van der Waals surface area (Å²) in [6.07, 6.45) is 1.37. The molecule has 3 N–H and O–H groups in total. The van der Waals surface area contributed by atoms with Crippen molar-refractivity contribution in [2.75, 3.05) is 13.6 Å². The Bertz CT molecular complexity index is 728. The number of hydrogen-bond donors (Lipinski definition) is 2. The highest BCUT2D eigenvalue weighted by atomic mass is 35.5. The van der Waals surface area contributed by atoms with E-state index in [2.05, 4.69) is 5.32 Å².